The quantitative estimate of drug-likeness (QED) is 0.602. The number of aromatic nitrogens is 6. The molecule has 0 saturated carbocycles. The third kappa shape index (κ3) is 0.905. The molecule has 0 fully saturated rings. The molecule has 6 heteroatoms. The highest BCUT2D eigenvalue weighted by atomic mass is 15.4. The van der Waals surface area contributed by atoms with Gasteiger partial charge < -0.3 is 0 Å². The van der Waals surface area contributed by atoms with Crippen LogP contribution in [0.15, 0.2) is 31.0 Å². The Kier molecular flexibility index (Phi) is 1.35. The molecule has 3 aromatic rings. The van der Waals surface area contributed by atoms with Crippen LogP contribution < -0.4 is 0 Å². The standard InChI is InChI=1S/C8H6N6/c1-2-11-13-7(1)14-8-6(4-12-14)3-9-5-10-8/h1-5H,(H,11,13). The van der Waals surface area contributed by atoms with Gasteiger partial charge in [0.25, 0.3) is 0 Å². The van der Waals surface area contributed by atoms with Crippen LogP contribution in [0.25, 0.3) is 16.9 Å². The first kappa shape index (κ1) is 7.19. The van der Waals surface area contributed by atoms with Gasteiger partial charge in [0.15, 0.2) is 11.5 Å². The zero-order valence-corrected chi connectivity index (χ0v) is 7.12. The van der Waals surface area contributed by atoms with Crippen LogP contribution in [0.4, 0.5) is 0 Å². The summed E-state index contributed by atoms with van der Waals surface area (Å²) in [6, 6.07) is 1.83. The minimum absolute atomic E-state index is 0.768. The van der Waals surface area contributed by atoms with Gasteiger partial charge in [0.05, 0.1) is 17.8 Å². The summed E-state index contributed by atoms with van der Waals surface area (Å²) in [7, 11) is 0. The lowest BCUT2D eigenvalue weighted by molar-refractivity contribution is 0.850. The highest BCUT2D eigenvalue weighted by Crippen LogP contribution is 2.11. The summed E-state index contributed by atoms with van der Waals surface area (Å²) in [6.45, 7) is 0. The molecule has 0 aliphatic carbocycles. The Bertz CT molecular complexity index is 552. The zero-order chi connectivity index (χ0) is 9.38. The molecule has 0 spiro atoms. The Morgan fingerprint density at radius 1 is 1.29 bits per heavy atom. The predicted molar refractivity (Wildman–Crippen MR) is 48.8 cm³/mol. The molecule has 1 N–H and O–H groups in total. The number of fused-ring (bicyclic) bond motifs is 1. The summed E-state index contributed by atoms with van der Waals surface area (Å²) in [5.41, 5.74) is 0.768. The number of aromatic amines is 1. The third-order valence-corrected chi connectivity index (χ3v) is 1.95. The Hall–Kier alpha value is -2.24. The SMILES string of the molecule is c1cc(-n2ncc3cncnc32)[nH]n1. The van der Waals surface area contributed by atoms with Gasteiger partial charge in [-0.15, -0.1) is 0 Å². The molecule has 0 saturated heterocycles. The molecular formula is C8H6N6. The van der Waals surface area contributed by atoms with Gasteiger partial charge in [-0.05, 0) is 0 Å². The smallest absolute Gasteiger partial charge is 0.167 e. The third-order valence-electron chi connectivity index (χ3n) is 1.95. The first-order chi connectivity index (χ1) is 6.95. The average Bonchev–Trinajstić information content (AvgIpc) is 2.85. The fourth-order valence-electron chi connectivity index (χ4n) is 1.32. The number of hydrogen-bond acceptors (Lipinski definition) is 4. The summed E-state index contributed by atoms with van der Waals surface area (Å²) in [4.78, 5) is 8.06. The second kappa shape index (κ2) is 2.63. The first-order valence-electron chi connectivity index (χ1n) is 4.08. The van der Waals surface area contributed by atoms with Crippen molar-refractivity contribution in [1.82, 2.24) is 29.9 Å². The summed E-state index contributed by atoms with van der Waals surface area (Å²) in [5, 5.41) is 11.8. The van der Waals surface area contributed by atoms with Gasteiger partial charge in [-0.1, -0.05) is 0 Å². The highest BCUT2D eigenvalue weighted by molar-refractivity contribution is 5.74. The van der Waals surface area contributed by atoms with Crippen LogP contribution in [0, 0.1) is 0 Å². The number of H-pyrrole nitrogens is 1. The fourth-order valence-corrected chi connectivity index (χ4v) is 1.32. The Morgan fingerprint density at radius 2 is 2.29 bits per heavy atom. The molecule has 3 aromatic heterocycles. The molecule has 14 heavy (non-hydrogen) atoms. The fraction of sp³-hybridized carbons (Fsp3) is 0. The highest BCUT2D eigenvalue weighted by Gasteiger charge is 2.05. The van der Waals surface area contributed by atoms with Crippen LogP contribution >= 0.6 is 0 Å². The molecule has 6 nitrogen and oxygen atoms in total. The number of nitrogens with one attached hydrogen (secondary N) is 1. The average molecular weight is 186 g/mol. The monoisotopic (exact) mass is 186 g/mol. The van der Waals surface area contributed by atoms with E-state index in [2.05, 4.69) is 25.3 Å². The summed E-state index contributed by atoms with van der Waals surface area (Å²) >= 11 is 0. The van der Waals surface area contributed by atoms with Crippen molar-refractivity contribution >= 4 is 11.0 Å². The van der Waals surface area contributed by atoms with Crippen molar-refractivity contribution in [3.05, 3.63) is 31.0 Å². The summed E-state index contributed by atoms with van der Waals surface area (Å²) < 4.78 is 1.68. The van der Waals surface area contributed by atoms with Crippen LogP contribution in [-0.4, -0.2) is 29.9 Å². The maximum absolute atomic E-state index is 4.18. The van der Waals surface area contributed by atoms with E-state index < -0.39 is 0 Å². The van der Waals surface area contributed by atoms with Gasteiger partial charge in [0.2, 0.25) is 0 Å². The van der Waals surface area contributed by atoms with E-state index in [0.717, 1.165) is 16.9 Å². The van der Waals surface area contributed by atoms with Crippen molar-refractivity contribution in [3.8, 4) is 5.82 Å². The van der Waals surface area contributed by atoms with Gasteiger partial charge in [-0.2, -0.15) is 14.9 Å². The van der Waals surface area contributed by atoms with E-state index in [-0.39, 0.29) is 0 Å². The van der Waals surface area contributed by atoms with Crippen LogP contribution in [0.1, 0.15) is 0 Å². The molecule has 0 bridgehead atoms. The first-order valence-corrected chi connectivity index (χ1v) is 4.08. The van der Waals surface area contributed by atoms with Gasteiger partial charge in [0.1, 0.15) is 6.33 Å². The lowest BCUT2D eigenvalue weighted by Crippen LogP contribution is -1.97. The van der Waals surface area contributed by atoms with Crippen molar-refractivity contribution < 1.29 is 0 Å². The van der Waals surface area contributed by atoms with Crippen LogP contribution in [0.2, 0.25) is 0 Å². The number of rotatable bonds is 1. The lowest BCUT2D eigenvalue weighted by Gasteiger charge is -1.96. The molecule has 0 aliphatic rings. The molecule has 3 rings (SSSR count). The minimum Gasteiger partial charge on any atom is -0.261 e. The number of hydrogen-bond donors (Lipinski definition) is 1. The van der Waals surface area contributed by atoms with E-state index in [4.69, 9.17) is 0 Å². The molecule has 0 aliphatic heterocycles. The van der Waals surface area contributed by atoms with Crippen molar-refractivity contribution in [2.45, 2.75) is 0 Å². The van der Waals surface area contributed by atoms with E-state index >= 15 is 0 Å². The molecule has 3 heterocycles. The maximum Gasteiger partial charge on any atom is 0.167 e. The van der Waals surface area contributed by atoms with Gasteiger partial charge in [-0.25, -0.2) is 9.97 Å². The minimum atomic E-state index is 0.768. The van der Waals surface area contributed by atoms with Crippen molar-refractivity contribution in [2.24, 2.45) is 0 Å². The molecular weight excluding hydrogens is 180 g/mol. The van der Waals surface area contributed by atoms with Crippen LogP contribution in [0.3, 0.4) is 0 Å². The summed E-state index contributed by atoms with van der Waals surface area (Å²) in [5.74, 6) is 0.790. The van der Waals surface area contributed by atoms with E-state index in [0.29, 0.717) is 0 Å². The normalized spacial score (nSPS) is 10.9. The van der Waals surface area contributed by atoms with Crippen molar-refractivity contribution in [1.29, 1.82) is 0 Å². The molecule has 0 unspecified atom stereocenters. The summed E-state index contributed by atoms with van der Waals surface area (Å²) in [6.07, 6.45) is 6.61. The molecule has 0 radical (unpaired) electrons. The van der Waals surface area contributed by atoms with Gasteiger partial charge in [0, 0.05) is 12.3 Å². The Balaban J connectivity index is 2.33. The molecule has 68 valence electrons. The van der Waals surface area contributed by atoms with E-state index in [9.17, 15) is 0 Å². The van der Waals surface area contributed by atoms with Gasteiger partial charge in [-0.3, -0.25) is 5.10 Å². The molecule has 0 aromatic carbocycles. The Morgan fingerprint density at radius 3 is 3.14 bits per heavy atom. The van der Waals surface area contributed by atoms with Crippen molar-refractivity contribution in [2.75, 3.05) is 0 Å². The maximum atomic E-state index is 4.18. The van der Waals surface area contributed by atoms with Crippen LogP contribution in [0.5, 0.6) is 0 Å². The molecule has 0 atom stereocenters. The second-order valence-electron chi connectivity index (χ2n) is 2.80. The largest absolute Gasteiger partial charge is 0.261 e. The van der Waals surface area contributed by atoms with Gasteiger partial charge >= 0.3 is 0 Å². The zero-order valence-electron chi connectivity index (χ0n) is 7.12. The second-order valence-corrected chi connectivity index (χ2v) is 2.80. The predicted octanol–water partition coefficient (Wildman–Crippen LogP) is 0.539. The topological polar surface area (TPSA) is 72.3 Å². The molecule has 0 amide bonds. The van der Waals surface area contributed by atoms with E-state index in [1.807, 2.05) is 6.07 Å². The van der Waals surface area contributed by atoms with E-state index in [1.165, 1.54) is 6.33 Å². The van der Waals surface area contributed by atoms with Crippen molar-refractivity contribution in [3.63, 3.8) is 0 Å². The van der Waals surface area contributed by atoms with Crippen LogP contribution in [-0.2, 0) is 0 Å². The Labute approximate surface area is 78.6 Å². The van der Waals surface area contributed by atoms with E-state index in [1.54, 1.807) is 23.3 Å². The lowest BCUT2D eigenvalue weighted by atomic mass is 10.4. The number of nitrogens with zero attached hydrogens (tertiary/aromatic N) is 5.